The molecule has 1 aliphatic heterocycles. The summed E-state index contributed by atoms with van der Waals surface area (Å²) in [6.07, 6.45) is 2.74. The number of nitrogens with zero attached hydrogens (tertiary/aromatic N) is 1. The van der Waals surface area contributed by atoms with Crippen LogP contribution in [-0.2, 0) is 9.59 Å². The van der Waals surface area contributed by atoms with Gasteiger partial charge in [-0.3, -0.25) is 9.59 Å². The van der Waals surface area contributed by atoms with Gasteiger partial charge in [-0.15, -0.1) is 0 Å². The number of allylic oxidation sites excluding steroid dienone is 2. The molecule has 0 radical (unpaired) electrons. The van der Waals surface area contributed by atoms with E-state index in [9.17, 15) is 9.59 Å². The number of hydrogen-bond donors (Lipinski definition) is 0. The molecule has 0 unspecified atom stereocenters. The average Bonchev–Trinajstić information content (AvgIpc) is 2.65. The summed E-state index contributed by atoms with van der Waals surface area (Å²) in [7, 11) is 0. The van der Waals surface area contributed by atoms with E-state index < -0.39 is 0 Å². The van der Waals surface area contributed by atoms with Gasteiger partial charge in [0, 0.05) is 5.03 Å². The highest BCUT2D eigenvalue weighted by atomic mass is 35.5. The van der Waals surface area contributed by atoms with Gasteiger partial charge in [0.15, 0.2) is 0 Å². The molecule has 1 heterocycles. The van der Waals surface area contributed by atoms with Crippen LogP contribution in [0.5, 0.6) is 0 Å². The van der Waals surface area contributed by atoms with Gasteiger partial charge < -0.3 is 0 Å². The third kappa shape index (κ3) is 2.14. The maximum absolute atomic E-state index is 12.4. The van der Waals surface area contributed by atoms with Crippen molar-refractivity contribution in [2.24, 2.45) is 11.8 Å². The van der Waals surface area contributed by atoms with Gasteiger partial charge in [0.2, 0.25) is 11.8 Å². The molecular formula is C14H10Cl3NO2. The van der Waals surface area contributed by atoms with Gasteiger partial charge in [-0.2, -0.15) is 0 Å². The van der Waals surface area contributed by atoms with Crippen molar-refractivity contribution in [3.63, 3.8) is 0 Å². The summed E-state index contributed by atoms with van der Waals surface area (Å²) in [5.74, 6) is -1.10. The molecule has 2 aliphatic rings. The van der Waals surface area contributed by atoms with Crippen molar-refractivity contribution in [2.75, 3.05) is 4.90 Å². The number of amides is 2. The fraction of sp³-hybridized carbons (Fsp3) is 0.286. The van der Waals surface area contributed by atoms with Crippen molar-refractivity contribution in [1.82, 2.24) is 0 Å². The molecule has 0 aromatic heterocycles. The van der Waals surface area contributed by atoms with Crippen LogP contribution in [0.15, 0.2) is 29.3 Å². The van der Waals surface area contributed by atoms with Gasteiger partial charge in [-0.05, 0) is 31.0 Å². The summed E-state index contributed by atoms with van der Waals surface area (Å²) in [5, 5.41) is 1.34. The molecular weight excluding hydrogens is 321 g/mol. The van der Waals surface area contributed by atoms with Crippen LogP contribution in [0, 0.1) is 11.8 Å². The third-order valence-corrected chi connectivity index (χ3v) is 4.78. The fourth-order valence-electron chi connectivity index (χ4n) is 2.71. The molecule has 1 saturated heterocycles. The third-order valence-electron chi connectivity index (χ3n) is 3.73. The van der Waals surface area contributed by atoms with Gasteiger partial charge in [0.1, 0.15) is 0 Å². The Hall–Kier alpha value is -1.03. The predicted molar refractivity (Wildman–Crippen MR) is 79.1 cm³/mol. The number of imide groups is 1. The zero-order valence-corrected chi connectivity index (χ0v) is 12.5. The molecule has 6 heteroatoms. The maximum Gasteiger partial charge on any atom is 0.238 e. The first-order valence-electron chi connectivity index (χ1n) is 6.16. The zero-order valence-electron chi connectivity index (χ0n) is 10.3. The van der Waals surface area contributed by atoms with Crippen molar-refractivity contribution in [2.45, 2.75) is 12.8 Å². The van der Waals surface area contributed by atoms with Gasteiger partial charge in [0.05, 0.1) is 27.6 Å². The Morgan fingerprint density at radius 2 is 1.70 bits per heavy atom. The second-order valence-electron chi connectivity index (χ2n) is 4.91. The van der Waals surface area contributed by atoms with Gasteiger partial charge in [-0.25, -0.2) is 4.90 Å². The molecule has 0 spiro atoms. The van der Waals surface area contributed by atoms with E-state index in [2.05, 4.69) is 0 Å². The fourth-order valence-corrected chi connectivity index (χ4v) is 3.25. The predicted octanol–water partition coefficient (Wildman–Crippen LogP) is 4.02. The second-order valence-corrected chi connectivity index (χ2v) is 6.21. The molecule has 104 valence electrons. The highest BCUT2D eigenvalue weighted by molar-refractivity contribution is 6.42. The standard InChI is InChI=1S/C14H10Cl3NO2/c15-7-1-3-9-10(5-7)14(20)18(13(9)19)8-2-4-11(16)12(17)6-8/h1-2,4,6,9-10H,3,5H2/t9-,10-/m0/s1. The number of fused-ring (bicyclic) bond motifs is 1. The Labute approximate surface area is 131 Å². The number of benzene rings is 1. The van der Waals surface area contributed by atoms with Crippen LogP contribution in [-0.4, -0.2) is 11.8 Å². The van der Waals surface area contributed by atoms with Crippen LogP contribution in [0.1, 0.15) is 12.8 Å². The number of carbonyl (C=O) groups excluding carboxylic acids is 2. The smallest absolute Gasteiger partial charge is 0.238 e. The zero-order chi connectivity index (χ0) is 14.4. The number of halogens is 3. The summed E-state index contributed by atoms with van der Waals surface area (Å²) < 4.78 is 0. The van der Waals surface area contributed by atoms with Crippen LogP contribution in [0.4, 0.5) is 5.69 Å². The molecule has 1 fully saturated rings. The van der Waals surface area contributed by atoms with Gasteiger partial charge in [-0.1, -0.05) is 40.9 Å². The lowest BCUT2D eigenvalue weighted by molar-refractivity contribution is -0.122. The van der Waals surface area contributed by atoms with Crippen LogP contribution < -0.4 is 4.90 Å². The van der Waals surface area contributed by atoms with Crippen LogP contribution in [0.3, 0.4) is 0 Å². The van der Waals surface area contributed by atoms with E-state index in [0.717, 1.165) is 0 Å². The van der Waals surface area contributed by atoms with Crippen molar-refractivity contribution in [3.8, 4) is 0 Å². The SMILES string of the molecule is O=C1[C@H]2CC=C(Cl)C[C@@H]2C(=O)N1c1ccc(Cl)c(Cl)c1. The molecule has 2 atom stereocenters. The van der Waals surface area contributed by atoms with Crippen molar-refractivity contribution in [1.29, 1.82) is 0 Å². The average molecular weight is 331 g/mol. The summed E-state index contributed by atoms with van der Waals surface area (Å²) in [6.45, 7) is 0. The van der Waals surface area contributed by atoms with E-state index in [1.165, 1.54) is 11.0 Å². The van der Waals surface area contributed by atoms with E-state index in [-0.39, 0.29) is 23.7 Å². The number of anilines is 1. The minimum Gasteiger partial charge on any atom is -0.274 e. The minimum absolute atomic E-state index is 0.196. The van der Waals surface area contributed by atoms with E-state index in [1.54, 1.807) is 12.1 Å². The Balaban J connectivity index is 1.97. The number of carbonyl (C=O) groups is 2. The Morgan fingerprint density at radius 1 is 1.00 bits per heavy atom. The molecule has 0 saturated carbocycles. The molecule has 2 amide bonds. The van der Waals surface area contributed by atoms with Crippen LogP contribution >= 0.6 is 34.8 Å². The number of hydrogen-bond acceptors (Lipinski definition) is 2. The van der Waals surface area contributed by atoms with Crippen molar-refractivity contribution < 1.29 is 9.59 Å². The monoisotopic (exact) mass is 329 g/mol. The molecule has 1 aromatic carbocycles. The van der Waals surface area contributed by atoms with Crippen molar-refractivity contribution in [3.05, 3.63) is 39.4 Å². The lowest BCUT2D eigenvalue weighted by Gasteiger charge is -2.17. The molecule has 0 N–H and O–H groups in total. The minimum atomic E-state index is -0.366. The van der Waals surface area contributed by atoms with E-state index >= 15 is 0 Å². The Bertz CT molecular complexity index is 641. The quantitative estimate of drug-likeness (QED) is 0.729. The molecule has 3 nitrogen and oxygen atoms in total. The second kappa shape index (κ2) is 5.06. The highest BCUT2D eigenvalue weighted by Crippen LogP contribution is 2.41. The summed E-state index contributed by atoms with van der Waals surface area (Å²) in [5.41, 5.74) is 0.458. The lowest BCUT2D eigenvalue weighted by Crippen LogP contribution is -2.30. The summed E-state index contributed by atoms with van der Waals surface area (Å²) >= 11 is 17.8. The first-order valence-corrected chi connectivity index (χ1v) is 7.30. The van der Waals surface area contributed by atoms with Crippen LogP contribution in [0.2, 0.25) is 10.0 Å². The molecule has 0 bridgehead atoms. The normalized spacial score (nSPS) is 25.8. The first kappa shape index (κ1) is 13.9. The molecule has 1 aliphatic carbocycles. The highest BCUT2D eigenvalue weighted by Gasteiger charge is 2.48. The maximum atomic E-state index is 12.4. The molecule has 3 rings (SSSR count). The largest absolute Gasteiger partial charge is 0.274 e. The Kier molecular flexibility index (Phi) is 3.53. The van der Waals surface area contributed by atoms with Gasteiger partial charge >= 0.3 is 0 Å². The summed E-state index contributed by atoms with van der Waals surface area (Å²) in [4.78, 5) is 26.0. The molecule has 20 heavy (non-hydrogen) atoms. The topological polar surface area (TPSA) is 37.4 Å². The Morgan fingerprint density at radius 3 is 2.40 bits per heavy atom. The van der Waals surface area contributed by atoms with Crippen molar-refractivity contribution >= 4 is 52.3 Å². The van der Waals surface area contributed by atoms with E-state index in [0.29, 0.717) is 33.6 Å². The summed E-state index contributed by atoms with van der Waals surface area (Å²) in [6, 6.07) is 4.73. The number of rotatable bonds is 1. The van der Waals surface area contributed by atoms with Crippen LogP contribution in [0.25, 0.3) is 0 Å². The van der Waals surface area contributed by atoms with E-state index in [1.807, 2.05) is 6.08 Å². The lowest BCUT2D eigenvalue weighted by atomic mass is 9.85. The first-order chi connectivity index (χ1) is 9.49. The molecule has 1 aromatic rings. The van der Waals surface area contributed by atoms with E-state index in [4.69, 9.17) is 34.8 Å². The van der Waals surface area contributed by atoms with Gasteiger partial charge in [0.25, 0.3) is 0 Å².